The fourth-order valence-corrected chi connectivity index (χ4v) is 4.17. The predicted octanol–water partition coefficient (Wildman–Crippen LogP) is 1.81. The van der Waals surface area contributed by atoms with Crippen molar-refractivity contribution in [2.24, 2.45) is 5.73 Å². The molecule has 1 aliphatic rings. The van der Waals surface area contributed by atoms with Crippen LogP contribution in [0.4, 0.5) is 4.39 Å². The molecule has 0 saturated carbocycles. The zero-order valence-electron chi connectivity index (χ0n) is 16.1. The number of thiophene rings is 1. The van der Waals surface area contributed by atoms with E-state index in [1.165, 1.54) is 28.2 Å². The van der Waals surface area contributed by atoms with Crippen LogP contribution in [0.1, 0.15) is 23.5 Å². The Morgan fingerprint density at radius 1 is 1.23 bits per heavy atom. The van der Waals surface area contributed by atoms with Gasteiger partial charge in [-0.15, -0.1) is 16.4 Å². The molecule has 3 aromatic rings. The molecule has 1 aliphatic heterocycles. The molecule has 4 rings (SSSR count). The Balaban J connectivity index is 1.52. The zero-order chi connectivity index (χ0) is 21.1. The van der Waals surface area contributed by atoms with Gasteiger partial charge < -0.3 is 11.1 Å². The van der Waals surface area contributed by atoms with Gasteiger partial charge in [0.25, 0.3) is 5.91 Å². The molecule has 156 valence electrons. The van der Waals surface area contributed by atoms with Gasteiger partial charge in [0.05, 0.1) is 17.1 Å². The maximum absolute atomic E-state index is 13.7. The van der Waals surface area contributed by atoms with Gasteiger partial charge in [0, 0.05) is 19.1 Å². The standard InChI is InChI=1S/C20H21FN6O2S/c21-13-3-1-4-15(11-13)27-19(16-5-2-10-30-16)24-18(25-27)20(29)23-14-6-8-26(9-7-14)12-17(22)28/h1-5,10-11,14H,6-9,12H2,(H2,22,28)(H,23,29). The van der Waals surface area contributed by atoms with Crippen LogP contribution in [-0.4, -0.2) is 57.2 Å². The van der Waals surface area contributed by atoms with Crippen LogP contribution in [0.3, 0.4) is 0 Å². The van der Waals surface area contributed by atoms with Crippen molar-refractivity contribution >= 4 is 23.2 Å². The van der Waals surface area contributed by atoms with Crippen LogP contribution >= 0.6 is 11.3 Å². The number of nitrogens with two attached hydrogens (primary N) is 1. The Bertz CT molecular complexity index is 1040. The Morgan fingerprint density at radius 3 is 2.70 bits per heavy atom. The van der Waals surface area contributed by atoms with Crippen molar-refractivity contribution < 1.29 is 14.0 Å². The number of piperidine rings is 1. The molecule has 2 aromatic heterocycles. The fourth-order valence-electron chi connectivity index (χ4n) is 3.47. The quantitative estimate of drug-likeness (QED) is 0.623. The van der Waals surface area contributed by atoms with Crippen LogP contribution in [0.15, 0.2) is 41.8 Å². The average Bonchev–Trinajstić information content (AvgIpc) is 3.39. The number of aromatic nitrogens is 3. The number of nitrogens with one attached hydrogen (secondary N) is 1. The van der Waals surface area contributed by atoms with Gasteiger partial charge in [-0.05, 0) is 42.5 Å². The number of rotatable bonds is 6. The summed E-state index contributed by atoms with van der Waals surface area (Å²) < 4.78 is 15.2. The van der Waals surface area contributed by atoms with E-state index in [1.807, 2.05) is 22.4 Å². The molecular weight excluding hydrogens is 407 g/mol. The highest BCUT2D eigenvalue weighted by Crippen LogP contribution is 2.26. The summed E-state index contributed by atoms with van der Waals surface area (Å²) >= 11 is 1.46. The second kappa shape index (κ2) is 8.72. The van der Waals surface area contributed by atoms with Gasteiger partial charge in [0.1, 0.15) is 5.82 Å². The first-order valence-electron chi connectivity index (χ1n) is 9.58. The third-order valence-electron chi connectivity index (χ3n) is 4.91. The molecule has 0 aliphatic carbocycles. The first-order valence-corrected chi connectivity index (χ1v) is 10.5. The molecule has 0 unspecified atom stereocenters. The van der Waals surface area contributed by atoms with E-state index in [1.54, 1.807) is 12.1 Å². The third-order valence-corrected chi connectivity index (χ3v) is 5.77. The molecule has 30 heavy (non-hydrogen) atoms. The van der Waals surface area contributed by atoms with E-state index in [0.29, 0.717) is 37.4 Å². The Kier molecular flexibility index (Phi) is 5.86. The van der Waals surface area contributed by atoms with Gasteiger partial charge in [-0.3, -0.25) is 14.5 Å². The molecular formula is C20H21FN6O2S. The number of likely N-dealkylation sites (tertiary alicyclic amines) is 1. The summed E-state index contributed by atoms with van der Waals surface area (Å²) in [5.41, 5.74) is 5.73. The Hall–Kier alpha value is -3.11. The molecule has 1 aromatic carbocycles. The number of amides is 2. The minimum Gasteiger partial charge on any atom is -0.369 e. The first kappa shape index (κ1) is 20.2. The number of hydrogen-bond donors (Lipinski definition) is 2. The highest BCUT2D eigenvalue weighted by molar-refractivity contribution is 7.13. The number of primary amides is 1. The van der Waals surface area contributed by atoms with Crippen LogP contribution in [0.2, 0.25) is 0 Å². The molecule has 3 heterocycles. The highest BCUT2D eigenvalue weighted by Gasteiger charge is 2.25. The molecule has 0 bridgehead atoms. The molecule has 3 N–H and O–H groups in total. The lowest BCUT2D eigenvalue weighted by atomic mass is 10.1. The predicted molar refractivity (Wildman–Crippen MR) is 111 cm³/mol. The second-order valence-corrected chi connectivity index (χ2v) is 8.07. The molecule has 8 nitrogen and oxygen atoms in total. The van der Waals surface area contributed by atoms with Crippen molar-refractivity contribution in [1.82, 2.24) is 25.0 Å². The van der Waals surface area contributed by atoms with Gasteiger partial charge in [0.2, 0.25) is 11.7 Å². The van der Waals surface area contributed by atoms with Crippen molar-refractivity contribution in [2.45, 2.75) is 18.9 Å². The fraction of sp³-hybridized carbons (Fsp3) is 0.300. The van der Waals surface area contributed by atoms with E-state index in [4.69, 9.17) is 5.73 Å². The van der Waals surface area contributed by atoms with Gasteiger partial charge in [-0.1, -0.05) is 12.1 Å². The van der Waals surface area contributed by atoms with Gasteiger partial charge >= 0.3 is 0 Å². The van der Waals surface area contributed by atoms with Gasteiger partial charge in [0.15, 0.2) is 5.82 Å². The van der Waals surface area contributed by atoms with E-state index < -0.39 is 5.82 Å². The Labute approximate surface area is 176 Å². The summed E-state index contributed by atoms with van der Waals surface area (Å²) in [6, 6.07) is 9.72. The third kappa shape index (κ3) is 4.55. The summed E-state index contributed by atoms with van der Waals surface area (Å²) in [5, 5.41) is 9.23. The van der Waals surface area contributed by atoms with E-state index >= 15 is 0 Å². The summed E-state index contributed by atoms with van der Waals surface area (Å²) in [4.78, 5) is 31.1. The minimum atomic E-state index is -0.395. The average molecular weight is 428 g/mol. The van der Waals surface area contributed by atoms with Crippen LogP contribution < -0.4 is 11.1 Å². The Morgan fingerprint density at radius 2 is 2.03 bits per heavy atom. The lowest BCUT2D eigenvalue weighted by molar-refractivity contribution is -0.119. The normalized spacial score (nSPS) is 15.2. The summed E-state index contributed by atoms with van der Waals surface area (Å²) in [6.07, 6.45) is 1.42. The van der Waals surface area contributed by atoms with Crippen LogP contribution in [0, 0.1) is 5.82 Å². The zero-order valence-corrected chi connectivity index (χ0v) is 16.9. The summed E-state index contributed by atoms with van der Waals surface area (Å²) in [7, 11) is 0. The molecule has 10 heteroatoms. The van der Waals surface area contributed by atoms with E-state index in [-0.39, 0.29) is 30.2 Å². The summed E-state index contributed by atoms with van der Waals surface area (Å²) in [5.74, 6) is -0.616. The highest BCUT2D eigenvalue weighted by atomic mass is 32.1. The number of carbonyl (C=O) groups is 2. The molecule has 0 radical (unpaired) electrons. The lowest BCUT2D eigenvalue weighted by Gasteiger charge is -2.31. The van der Waals surface area contributed by atoms with Gasteiger partial charge in [-0.25, -0.2) is 14.1 Å². The largest absolute Gasteiger partial charge is 0.369 e. The lowest BCUT2D eigenvalue weighted by Crippen LogP contribution is -2.46. The molecule has 1 fully saturated rings. The van der Waals surface area contributed by atoms with Gasteiger partial charge in [-0.2, -0.15) is 0 Å². The SMILES string of the molecule is NC(=O)CN1CCC(NC(=O)c2nc(-c3cccs3)n(-c3cccc(F)c3)n2)CC1. The number of benzene rings is 1. The minimum absolute atomic E-state index is 0.0298. The monoisotopic (exact) mass is 428 g/mol. The number of carbonyl (C=O) groups excluding carboxylic acids is 2. The summed E-state index contributed by atoms with van der Waals surface area (Å²) in [6.45, 7) is 1.59. The van der Waals surface area contributed by atoms with Crippen molar-refractivity contribution in [2.75, 3.05) is 19.6 Å². The number of halogens is 1. The number of nitrogens with zero attached hydrogens (tertiary/aromatic N) is 4. The van der Waals surface area contributed by atoms with Crippen molar-refractivity contribution in [3.05, 3.63) is 53.4 Å². The van der Waals surface area contributed by atoms with E-state index in [9.17, 15) is 14.0 Å². The maximum atomic E-state index is 13.7. The van der Waals surface area contributed by atoms with Crippen molar-refractivity contribution in [1.29, 1.82) is 0 Å². The van der Waals surface area contributed by atoms with Crippen LogP contribution in [0.5, 0.6) is 0 Å². The maximum Gasteiger partial charge on any atom is 0.291 e. The molecule has 1 saturated heterocycles. The smallest absolute Gasteiger partial charge is 0.291 e. The van der Waals surface area contributed by atoms with Crippen LogP contribution in [-0.2, 0) is 4.79 Å². The van der Waals surface area contributed by atoms with Crippen molar-refractivity contribution in [3.8, 4) is 16.4 Å². The van der Waals surface area contributed by atoms with E-state index in [2.05, 4.69) is 15.4 Å². The molecule has 2 amide bonds. The van der Waals surface area contributed by atoms with Crippen molar-refractivity contribution in [3.63, 3.8) is 0 Å². The van der Waals surface area contributed by atoms with E-state index in [0.717, 1.165) is 4.88 Å². The number of hydrogen-bond acceptors (Lipinski definition) is 6. The molecule has 0 atom stereocenters. The second-order valence-electron chi connectivity index (χ2n) is 7.12. The molecule has 0 spiro atoms. The topological polar surface area (TPSA) is 106 Å². The van der Waals surface area contributed by atoms with Crippen LogP contribution in [0.25, 0.3) is 16.4 Å². The first-order chi connectivity index (χ1) is 14.5.